The van der Waals surface area contributed by atoms with Crippen molar-refractivity contribution in [3.63, 3.8) is 0 Å². The standard InChI is InChI=1S/C8H6F3N3O2S/c9-8(10,11)14-4-13-6-3-5(17(12,15)16)1-2-7(6)14/h1-4H,(H2,12,15,16). The van der Waals surface area contributed by atoms with Gasteiger partial charge in [0.2, 0.25) is 10.0 Å². The molecule has 17 heavy (non-hydrogen) atoms. The highest BCUT2D eigenvalue weighted by molar-refractivity contribution is 7.89. The van der Waals surface area contributed by atoms with Crippen molar-refractivity contribution in [1.29, 1.82) is 0 Å². The normalized spacial score (nSPS) is 13.2. The number of sulfonamides is 1. The van der Waals surface area contributed by atoms with Crippen LogP contribution in [0.15, 0.2) is 29.4 Å². The topological polar surface area (TPSA) is 78.0 Å². The fraction of sp³-hybridized carbons (Fsp3) is 0.125. The van der Waals surface area contributed by atoms with Crippen molar-refractivity contribution in [1.82, 2.24) is 9.55 Å². The zero-order valence-corrected chi connectivity index (χ0v) is 8.96. The third kappa shape index (κ3) is 2.11. The number of imidazole rings is 1. The first-order valence-corrected chi connectivity index (χ1v) is 5.81. The van der Waals surface area contributed by atoms with Crippen LogP contribution in [0.25, 0.3) is 11.0 Å². The number of hydrogen-bond acceptors (Lipinski definition) is 3. The molecule has 0 aliphatic heterocycles. The zero-order chi connectivity index (χ0) is 12.8. The molecule has 1 heterocycles. The van der Waals surface area contributed by atoms with Gasteiger partial charge in [-0.15, -0.1) is 13.2 Å². The smallest absolute Gasteiger partial charge is 0.241 e. The van der Waals surface area contributed by atoms with E-state index in [2.05, 4.69) is 4.98 Å². The zero-order valence-electron chi connectivity index (χ0n) is 8.14. The number of halogens is 3. The van der Waals surface area contributed by atoms with Crippen LogP contribution in [0.1, 0.15) is 0 Å². The molecule has 0 bridgehead atoms. The molecule has 2 rings (SSSR count). The largest absolute Gasteiger partial charge is 0.490 e. The molecular weight excluding hydrogens is 259 g/mol. The van der Waals surface area contributed by atoms with E-state index < -0.39 is 16.3 Å². The Morgan fingerprint density at radius 3 is 2.47 bits per heavy atom. The molecule has 9 heteroatoms. The number of rotatable bonds is 1. The van der Waals surface area contributed by atoms with Gasteiger partial charge in [-0.1, -0.05) is 0 Å². The third-order valence-electron chi connectivity index (χ3n) is 2.12. The number of benzene rings is 1. The van der Waals surface area contributed by atoms with Gasteiger partial charge < -0.3 is 0 Å². The van der Waals surface area contributed by atoms with Gasteiger partial charge in [0.25, 0.3) is 0 Å². The molecule has 0 unspecified atom stereocenters. The van der Waals surface area contributed by atoms with Crippen molar-refractivity contribution < 1.29 is 21.6 Å². The summed E-state index contributed by atoms with van der Waals surface area (Å²) in [5, 5.41) is 4.86. The van der Waals surface area contributed by atoms with E-state index in [1.54, 1.807) is 0 Å². The second-order valence-electron chi connectivity index (χ2n) is 3.28. The second kappa shape index (κ2) is 3.44. The maximum Gasteiger partial charge on any atom is 0.490 e. The summed E-state index contributed by atoms with van der Waals surface area (Å²) in [6, 6.07) is 3.00. The second-order valence-corrected chi connectivity index (χ2v) is 4.84. The average molecular weight is 265 g/mol. The highest BCUT2D eigenvalue weighted by atomic mass is 32.2. The van der Waals surface area contributed by atoms with Crippen LogP contribution in [-0.4, -0.2) is 18.0 Å². The van der Waals surface area contributed by atoms with Gasteiger partial charge in [-0.05, 0) is 18.2 Å². The Bertz CT molecular complexity index is 675. The van der Waals surface area contributed by atoms with E-state index in [0.29, 0.717) is 6.33 Å². The van der Waals surface area contributed by atoms with Gasteiger partial charge >= 0.3 is 6.30 Å². The van der Waals surface area contributed by atoms with E-state index in [9.17, 15) is 21.6 Å². The summed E-state index contributed by atoms with van der Waals surface area (Å²) in [4.78, 5) is 3.20. The van der Waals surface area contributed by atoms with Crippen LogP contribution in [0.3, 0.4) is 0 Å². The van der Waals surface area contributed by atoms with Gasteiger partial charge in [0.05, 0.1) is 15.9 Å². The Morgan fingerprint density at radius 2 is 1.94 bits per heavy atom. The molecule has 2 aromatic rings. The predicted molar refractivity (Wildman–Crippen MR) is 52.4 cm³/mol. The lowest BCUT2D eigenvalue weighted by atomic mass is 10.3. The van der Waals surface area contributed by atoms with Crippen LogP contribution in [0.4, 0.5) is 13.2 Å². The lowest BCUT2D eigenvalue weighted by Gasteiger charge is -2.07. The molecule has 1 aromatic heterocycles. The Hall–Kier alpha value is -1.61. The van der Waals surface area contributed by atoms with Gasteiger partial charge in [0.15, 0.2) is 0 Å². The Balaban J connectivity index is 2.69. The lowest BCUT2D eigenvalue weighted by Crippen LogP contribution is -2.15. The van der Waals surface area contributed by atoms with Gasteiger partial charge in [-0.25, -0.2) is 23.1 Å². The quantitative estimate of drug-likeness (QED) is 0.840. The third-order valence-corrected chi connectivity index (χ3v) is 3.03. The van der Waals surface area contributed by atoms with E-state index in [1.807, 2.05) is 0 Å². The molecule has 0 fully saturated rings. The number of hydrogen-bond donors (Lipinski definition) is 1. The van der Waals surface area contributed by atoms with Gasteiger partial charge in [0, 0.05) is 0 Å². The minimum Gasteiger partial charge on any atom is -0.241 e. The Morgan fingerprint density at radius 1 is 1.29 bits per heavy atom. The molecule has 5 nitrogen and oxygen atoms in total. The Labute approximate surface area is 93.7 Å². The monoisotopic (exact) mass is 265 g/mol. The van der Waals surface area contributed by atoms with Crippen molar-refractivity contribution in [2.24, 2.45) is 5.14 Å². The maximum absolute atomic E-state index is 12.5. The molecule has 0 radical (unpaired) electrons. The van der Waals surface area contributed by atoms with Crippen molar-refractivity contribution in [3.05, 3.63) is 24.5 Å². The first kappa shape index (κ1) is 11.9. The van der Waals surface area contributed by atoms with E-state index >= 15 is 0 Å². The number of alkyl halides is 3. The first-order valence-electron chi connectivity index (χ1n) is 4.27. The van der Waals surface area contributed by atoms with Crippen molar-refractivity contribution in [2.75, 3.05) is 0 Å². The summed E-state index contributed by atoms with van der Waals surface area (Å²) in [5.41, 5.74) is -0.321. The number of fused-ring (bicyclic) bond motifs is 1. The van der Waals surface area contributed by atoms with Crippen molar-refractivity contribution in [2.45, 2.75) is 11.2 Å². The molecule has 0 aliphatic rings. The summed E-state index contributed by atoms with van der Waals surface area (Å²) < 4.78 is 59.4. The maximum atomic E-state index is 12.5. The molecule has 1 aromatic carbocycles. The summed E-state index contributed by atoms with van der Waals surface area (Å²) in [5.74, 6) is 0. The SMILES string of the molecule is NS(=O)(=O)c1ccc2c(c1)ncn2C(F)(F)F. The van der Waals surface area contributed by atoms with Crippen LogP contribution >= 0.6 is 0 Å². The van der Waals surface area contributed by atoms with Crippen LogP contribution in [-0.2, 0) is 16.3 Å². The van der Waals surface area contributed by atoms with Crippen LogP contribution in [0.5, 0.6) is 0 Å². The minimum absolute atomic E-state index is 0.00471. The number of aromatic nitrogens is 2. The van der Waals surface area contributed by atoms with E-state index in [-0.39, 0.29) is 20.5 Å². The van der Waals surface area contributed by atoms with Crippen LogP contribution in [0.2, 0.25) is 0 Å². The van der Waals surface area contributed by atoms with Crippen LogP contribution in [0, 0.1) is 0 Å². The number of primary sulfonamides is 1. The minimum atomic E-state index is -4.60. The lowest BCUT2D eigenvalue weighted by molar-refractivity contribution is -0.201. The van der Waals surface area contributed by atoms with Crippen molar-refractivity contribution >= 4 is 21.1 Å². The van der Waals surface area contributed by atoms with E-state index in [1.165, 1.54) is 0 Å². The molecule has 0 spiro atoms. The molecule has 0 aliphatic carbocycles. The number of nitrogens with zero attached hydrogens (tertiary/aromatic N) is 2. The molecule has 2 N–H and O–H groups in total. The Kier molecular flexibility index (Phi) is 2.40. The highest BCUT2D eigenvalue weighted by Crippen LogP contribution is 2.27. The average Bonchev–Trinajstić information content (AvgIpc) is 2.57. The fourth-order valence-electron chi connectivity index (χ4n) is 1.37. The fourth-order valence-corrected chi connectivity index (χ4v) is 1.91. The van der Waals surface area contributed by atoms with Gasteiger partial charge in [-0.2, -0.15) is 0 Å². The summed E-state index contributed by atoms with van der Waals surface area (Å²) in [6.07, 6.45) is -4.02. The molecule has 92 valence electrons. The molecule has 0 atom stereocenters. The number of nitrogens with two attached hydrogens (primary N) is 1. The first-order chi connectivity index (χ1) is 7.69. The molecule has 0 saturated heterocycles. The summed E-state index contributed by atoms with van der Waals surface area (Å²) in [7, 11) is -3.95. The highest BCUT2D eigenvalue weighted by Gasteiger charge is 2.32. The predicted octanol–water partition coefficient (Wildman–Crippen LogP) is 1.16. The van der Waals surface area contributed by atoms with Gasteiger partial charge in [-0.3, -0.25) is 0 Å². The van der Waals surface area contributed by atoms with E-state index in [0.717, 1.165) is 18.2 Å². The van der Waals surface area contributed by atoms with Crippen molar-refractivity contribution in [3.8, 4) is 0 Å². The van der Waals surface area contributed by atoms with Gasteiger partial charge in [0.1, 0.15) is 6.33 Å². The van der Waals surface area contributed by atoms with Crippen LogP contribution < -0.4 is 5.14 Å². The summed E-state index contributed by atoms with van der Waals surface area (Å²) >= 11 is 0. The summed E-state index contributed by atoms with van der Waals surface area (Å²) in [6.45, 7) is 0. The molecule has 0 amide bonds. The molecule has 0 saturated carbocycles. The molecular formula is C8H6F3N3O2S. The van der Waals surface area contributed by atoms with E-state index in [4.69, 9.17) is 5.14 Å².